The minimum Gasteiger partial charge on any atom is -0.453 e. The van der Waals surface area contributed by atoms with Gasteiger partial charge < -0.3 is 9.73 Å². The van der Waals surface area contributed by atoms with Gasteiger partial charge in [0.1, 0.15) is 11.6 Å². The molecule has 2 rings (SSSR count). The van der Waals surface area contributed by atoms with Crippen molar-refractivity contribution < 1.29 is 8.81 Å². The zero-order valence-corrected chi connectivity index (χ0v) is 13.6. The van der Waals surface area contributed by atoms with Gasteiger partial charge >= 0.3 is 0 Å². The van der Waals surface area contributed by atoms with E-state index in [2.05, 4.69) is 37.2 Å². The molecule has 0 radical (unpaired) electrons. The van der Waals surface area contributed by atoms with Crippen molar-refractivity contribution in [3.05, 3.63) is 56.6 Å². The Labute approximate surface area is 128 Å². The molecule has 0 amide bonds. The van der Waals surface area contributed by atoms with E-state index in [0.29, 0.717) is 4.67 Å². The third-order valence-electron chi connectivity index (χ3n) is 2.83. The van der Waals surface area contributed by atoms with Crippen LogP contribution in [0.4, 0.5) is 4.39 Å². The Hall–Kier alpha value is -0.650. The first-order valence-electron chi connectivity index (χ1n) is 6.02. The number of furan rings is 1. The lowest BCUT2D eigenvalue weighted by Crippen LogP contribution is -2.22. The maximum Gasteiger partial charge on any atom is 0.169 e. The van der Waals surface area contributed by atoms with Crippen molar-refractivity contribution in [2.75, 3.05) is 6.54 Å². The van der Waals surface area contributed by atoms with Gasteiger partial charge in [-0.1, -0.05) is 28.9 Å². The van der Waals surface area contributed by atoms with Crippen molar-refractivity contribution in [1.82, 2.24) is 5.32 Å². The van der Waals surface area contributed by atoms with E-state index in [1.807, 2.05) is 19.1 Å². The maximum absolute atomic E-state index is 13.1. The first-order chi connectivity index (χ1) is 9.10. The fraction of sp³-hybridized carbons (Fsp3) is 0.286. The van der Waals surface area contributed by atoms with Crippen LogP contribution in [0.25, 0.3) is 0 Å². The fourth-order valence-electron chi connectivity index (χ4n) is 1.94. The molecule has 2 aromatic rings. The second-order valence-corrected chi connectivity index (χ2v) is 5.83. The topological polar surface area (TPSA) is 25.2 Å². The highest BCUT2D eigenvalue weighted by Crippen LogP contribution is 2.27. The van der Waals surface area contributed by atoms with Gasteiger partial charge in [-0.2, -0.15) is 0 Å². The molecule has 1 unspecified atom stereocenters. The molecular formula is C14H14Br2FNO. The van der Waals surface area contributed by atoms with E-state index in [9.17, 15) is 4.39 Å². The van der Waals surface area contributed by atoms with Gasteiger partial charge in [0.05, 0.1) is 6.04 Å². The van der Waals surface area contributed by atoms with Crippen LogP contribution in [0, 0.1) is 5.82 Å². The molecule has 0 bridgehead atoms. The molecule has 0 saturated heterocycles. The number of halogens is 3. The zero-order valence-electron chi connectivity index (χ0n) is 10.4. The number of nitrogens with one attached hydrogen (secondary N) is 1. The summed E-state index contributed by atoms with van der Waals surface area (Å²) in [6.07, 6.45) is 0.731. The third-order valence-corrected chi connectivity index (χ3v) is 3.99. The Morgan fingerprint density at radius 1 is 1.26 bits per heavy atom. The summed E-state index contributed by atoms with van der Waals surface area (Å²) in [7, 11) is 0. The fourth-order valence-corrected chi connectivity index (χ4v) is 2.77. The van der Waals surface area contributed by atoms with Crippen molar-refractivity contribution in [1.29, 1.82) is 0 Å². The summed E-state index contributed by atoms with van der Waals surface area (Å²) < 4.78 is 20.2. The average Bonchev–Trinajstić information content (AvgIpc) is 2.78. The van der Waals surface area contributed by atoms with Crippen LogP contribution in [-0.2, 0) is 6.42 Å². The lowest BCUT2D eigenvalue weighted by Gasteiger charge is -2.16. The third kappa shape index (κ3) is 3.91. The molecule has 5 heteroatoms. The zero-order chi connectivity index (χ0) is 13.8. The Balaban J connectivity index is 2.21. The van der Waals surface area contributed by atoms with Crippen LogP contribution in [0.5, 0.6) is 0 Å². The smallest absolute Gasteiger partial charge is 0.169 e. The standard InChI is InChI=1S/C14H14Br2FNO/c1-2-18-12(13-5-6-14(16)19-13)7-9-3-4-10(17)8-11(9)15/h3-6,8,12,18H,2,7H2,1H3. The lowest BCUT2D eigenvalue weighted by atomic mass is 10.0. The number of likely N-dealkylation sites (N-methyl/N-ethyl adjacent to an activating group) is 1. The maximum atomic E-state index is 13.1. The highest BCUT2D eigenvalue weighted by atomic mass is 79.9. The molecule has 0 aliphatic carbocycles. The van der Waals surface area contributed by atoms with Crippen LogP contribution < -0.4 is 5.32 Å². The first-order valence-corrected chi connectivity index (χ1v) is 7.61. The number of hydrogen-bond donors (Lipinski definition) is 1. The second kappa shape index (κ2) is 6.68. The molecule has 102 valence electrons. The number of benzene rings is 1. The van der Waals surface area contributed by atoms with Gasteiger partial charge in [0.2, 0.25) is 0 Å². The highest BCUT2D eigenvalue weighted by Gasteiger charge is 2.16. The van der Waals surface area contributed by atoms with Crippen LogP contribution >= 0.6 is 31.9 Å². The average molecular weight is 391 g/mol. The SMILES string of the molecule is CCNC(Cc1ccc(F)cc1Br)c1ccc(Br)o1. The molecule has 1 atom stereocenters. The Kier molecular flexibility index (Phi) is 5.19. The van der Waals surface area contributed by atoms with E-state index in [1.54, 1.807) is 6.07 Å². The molecular weight excluding hydrogens is 377 g/mol. The predicted molar refractivity (Wildman–Crippen MR) is 80.6 cm³/mol. The molecule has 19 heavy (non-hydrogen) atoms. The summed E-state index contributed by atoms with van der Waals surface area (Å²) in [5.74, 6) is 0.626. The second-order valence-electron chi connectivity index (χ2n) is 4.19. The Morgan fingerprint density at radius 3 is 2.63 bits per heavy atom. The van der Waals surface area contributed by atoms with E-state index in [0.717, 1.165) is 28.8 Å². The van der Waals surface area contributed by atoms with Gasteiger partial charge in [0.25, 0.3) is 0 Å². The van der Waals surface area contributed by atoms with Crippen LogP contribution in [0.3, 0.4) is 0 Å². The molecule has 1 aromatic carbocycles. The molecule has 0 aliphatic heterocycles. The van der Waals surface area contributed by atoms with Gasteiger partial charge in [-0.05, 0) is 58.7 Å². The summed E-state index contributed by atoms with van der Waals surface area (Å²) in [6, 6.07) is 8.63. The molecule has 0 aliphatic rings. The summed E-state index contributed by atoms with van der Waals surface area (Å²) in [5.41, 5.74) is 1.04. The monoisotopic (exact) mass is 389 g/mol. The van der Waals surface area contributed by atoms with Gasteiger partial charge in [0, 0.05) is 4.47 Å². The lowest BCUT2D eigenvalue weighted by molar-refractivity contribution is 0.405. The van der Waals surface area contributed by atoms with E-state index >= 15 is 0 Å². The molecule has 0 saturated carbocycles. The van der Waals surface area contributed by atoms with Crippen molar-refractivity contribution >= 4 is 31.9 Å². The Morgan fingerprint density at radius 2 is 2.05 bits per heavy atom. The number of hydrogen-bond acceptors (Lipinski definition) is 2. The van der Waals surface area contributed by atoms with Gasteiger partial charge in [-0.25, -0.2) is 4.39 Å². The van der Waals surface area contributed by atoms with Crippen LogP contribution in [0.2, 0.25) is 0 Å². The summed E-state index contributed by atoms with van der Waals surface area (Å²) in [6.45, 7) is 2.88. The van der Waals surface area contributed by atoms with Gasteiger partial charge in [-0.3, -0.25) is 0 Å². The number of rotatable bonds is 5. The van der Waals surface area contributed by atoms with E-state index < -0.39 is 0 Å². The van der Waals surface area contributed by atoms with E-state index in [4.69, 9.17) is 4.42 Å². The molecule has 1 aromatic heterocycles. The summed E-state index contributed by atoms with van der Waals surface area (Å²) in [5, 5.41) is 3.37. The molecule has 0 spiro atoms. The summed E-state index contributed by atoms with van der Waals surface area (Å²) >= 11 is 6.70. The van der Waals surface area contributed by atoms with Crippen molar-refractivity contribution in [3.63, 3.8) is 0 Å². The predicted octanol–water partition coefficient (Wildman–Crippen LogP) is 4.84. The van der Waals surface area contributed by atoms with Crippen LogP contribution in [0.15, 0.2) is 43.9 Å². The minimum absolute atomic E-state index is 0.0676. The van der Waals surface area contributed by atoms with Crippen molar-refractivity contribution in [2.24, 2.45) is 0 Å². The van der Waals surface area contributed by atoms with Crippen LogP contribution in [-0.4, -0.2) is 6.54 Å². The van der Waals surface area contributed by atoms with E-state index in [-0.39, 0.29) is 11.9 Å². The van der Waals surface area contributed by atoms with Gasteiger partial charge in [-0.15, -0.1) is 0 Å². The van der Waals surface area contributed by atoms with Crippen molar-refractivity contribution in [3.8, 4) is 0 Å². The van der Waals surface area contributed by atoms with E-state index in [1.165, 1.54) is 12.1 Å². The van der Waals surface area contributed by atoms with Gasteiger partial charge in [0.15, 0.2) is 4.67 Å². The quantitative estimate of drug-likeness (QED) is 0.790. The Bertz CT molecular complexity index is 556. The largest absolute Gasteiger partial charge is 0.453 e. The molecule has 2 nitrogen and oxygen atoms in total. The molecule has 0 fully saturated rings. The highest BCUT2D eigenvalue weighted by molar-refractivity contribution is 9.10. The van der Waals surface area contributed by atoms with Crippen LogP contribution in [0.1, 0.15) is 24.3 Å². The normalized spacial score (nSPS) is 12.6. The van der Waals surface area contributed by atoms with Crippen molar-refractivity contribution in [2.45, 2.75) is 19.4 Å². The first kappa shape index (κ1) is 14.8. The molecule has 1 N–H and O–H groups in total. The minimum atomic E-state index is -0.239. The summed E-state index contributed by atoms with van der Waals surface area (Å²) in [4.78, 5) is 0. The molecule has 1 heterocycles.